The molecule has 0 heterocycles. The fourth-order valence-electron chi connectivity index (χ4n) is 1.83. The number of hydrogen-bond acceptors (Lipinski definition) is 4. The van der Waals surface area contributed by atoms with Crippen molar-refractivity contribution in [2.24, 2.45) is 0 Å². The van der Waals surface area contributed by atoms with Crippen LogP contribution in [0.3, 0.4) is 0 Å². The normalized spacial score (nSPS) is 11.7. The number of carbonyl (C=O) groups excluding carboxylic acids is 2. The summed E-state index contributed by atoms with van der Waals surface area (Å²) in [6, 6.07) is 5.58. The second kappa shape index (κ2) is 8.70. The molecule has 0 aliphatic rings. The number of carbonyl (C=O) groups is 2. The van der Waals surface area contributed by atoms with Crippen LogP contribution in [-0.2, 0) is 14.3 Å². The summed E-state index contributed by atoms with van der Waals surface area (Å²) < 4.78 is 57.3. The highest BCUT2D eigenvalue weighted by Gasteiger charge is 2.19. The summed E-state index contributed by atoms with van der Waals surface area (Å²) >= 11 is 0.718. The molecule has 2 aromatic carbocycles. The number of esters is 1. The average Bonchev–Trinajstić information content (AvgIpc) is 2.59. The van der Waals surface area contributed by atoms with E-state index in [0.717, 1.165) is 48.2 Å². The lowest BCUT2D eigenvalue weighted by atomic mass is 10.3. The van der Waals surface area contributed by atoms with Crippen LogP contribution >= 0.6 is 11.8 Å². The van der Waals surface area contributed by atoms with Gasteiger partial charge in [0.25, 0.3) is 5.91 Å². The maximum absolute atomic E-state index is 13.5. The third kappa shape index (κ3) is 5.48. The SMILES string of the molecule is C[C@@H](OC(=O)CSc1cc(F)ccc1F)C(=O)Nc1ccc(F)c(F)c1. The molecule has 0 saturated heterocycles. The molecule has 2 aromatic rings. The number of hydrogen-bond donors (Lipinski definition) is 1. The molecule has 0 unspecified atom stereocenters. The van der Waals surface area contributed by atoms with Gasteiger partial charge in [-0.1, -0.05) is 0 Å². The van der Waals surface area contributed by atoms with E-state index in [1.165, 1.54) is 6.92 Å². The van der Waals surface area contributed by atoms with Gasteiger partial charge >= 0.3 is 5.97 Å². The first-order valence-electron chi connectivity index (χ1n) is 7.29. The smallest absolute Gasteiger partial charge is 0.317 e. The summed E-state index contributed by atoms with van der Waals surface area (Å²) in [5.74, 6) is -5.47. The first-order valence-corrected chi connectivity index (χ1v) is 8.28. The molecule has 0 aromatic heterocycles. The molecule has 0 aliphatic heterocycles. The molecule has 26 heavy (non-hydrogen) atoms. The van der Waals surface area contributed by atoms with Gasteiger partial charge < -0.3 is 10.1 Å². The number of amides is 1. The van der Waals surface area contributed by atoms with E-state index in [1.54, 1.807) is 0 Å². The first-order chi connectivity index (χ1) is 12.3. The summed E-state index contributed by atoms with van der Waals surface area (Å²) in [6.45, 7) is 1.28. The molecular formula is C17H13F4NO3S. The summed E-state index contributed by atoms with van der Waals surface area (Å²) in [4.78, 5) is 23.6. The standard InChI is InChI=1S/C17H13F4NO3S/c1-9(17(24)22-11-3-5-12(19)14(21)7-11)25-16(23)8-26-15-6-10(18)2-4-13(15)20/h2-7,9H,8H2,1H3,(H,22,24)/t9-/m1/s1. The van der Waals surface area contributed by atoms with Gasteiger partial charge in [-0.2, -0.15) is 0 Å². The molecular weight excluding hydrogens is 374 g/mol. The minimum atomic E-state index is -1.23. The molecule has 0 bridgehead atoms. The zero-order chi connectivity index (χ0) is 19.3. The highest BCUT2D eigenvalue weighted by molar-refractivity contribution is 8.00. The third-order valence-electron chi connectivity index (χ3n) is 3.10. The van der Waals surface area contributed by atoms with Gasteiger partial charge in [0, 0.05) is 16.6 Å². The van der Waals surface area contributed by atoms with Crippen LogP contribution in [-0.4, -0.2) is 23.7 Å². The molecule has 1 atom stereocenters. The molecule has 4 nitrogen and oxygen atoms in total. The predicted molar refractivity (Wildman–Crippen MR) is 87.6 cm³/mol. The Labute approximate surface area is 150 Å². The van der Waals surface area contributed by atoms with Gasteiger partial charge in [-0.05, 0) is 37.3 Å². The van der Waals surface area contributed by atoms with Gasteiger partial charge in [0.2, 0.25) is 0 Å². The Morgan fingerprint density at radius 2 is 1.73 bits per heavy atom. The van der Waals surface area contributed by atoms with Crippen molar-refractivity contribution in [1.29, 1.82) is 0 Å². The summed E-state index contributed by atoms with van der Waals surface area (Å²) in [5, 5.41) is 2.27. The summed E-state index contributed by atoms with van der Waals surface area (Å²) in [5.41, 5.74) is -0.00648. The lowest BCUT2D eigenvalue weighted by molar-refractivity contribution is -0.150. The van der Waals surface area contributed by atoms with Crippen LogP contribution in [0, 0.1) is 23.3 Å². The fraction of sp³-hybridized carbons (Fsp3) is 0.176. The van der Waals surface area contributed by atoms with Gasteiger partial charge in [-0.15, -0.1) is 11.8 Å². The monoisotopic (exact) mass is 387 g/mol. The third-order valence-corrected chi connectivity index (χ3v) is 4.11. The van der Waals surface area contributed by atoms with E-state index in [4.69, 9.17) is 4.74 Å². The topological polar surface area (TPSA) is 55.4 Å². The Balaban J connectivity index is 1.86. The molecule has 0 spiro atoms. The first kappa shape index (κ1) is 19.8. The van der Waals surface area contributed by atoms with Gasteiger partial charge in [0.05, 0.1) is 5.75 Å². The second-order valence-electron chi connectivity index (χ2n) is 5.11. The lowest BCUT2D eigenvalue weighted by Gasteiger charge is -2.13. The quantitative estimate of drug-likeness (QED) is 0.464. The van der Waals surface area contributed by atoms with Crippen LogP contribution in [0.15, 0.2) is 41.3 Å². The lowest BCUT2D eigenvalue weighted by Crippen LogP contribution is -2.30. The minimum Gasteiger partial charge on any atom is -0.452 e. The van der Waals surface area contributed by atoms with Crippen molar-refractivity contribution in [2.75, 3.05) is 11.1 Å². The van der Waals surface area contributed by atoms with Crippen LogP contribution in [0.1, 0.15) is 6.92 Å². The van der Waals surface area contributed by atoms with Gasteiger partial charge in [0.1, 0.15) is 11.6 Å². The van der Waals surface area contributed by atoms with E-state index >= 15 is 0 Å². The minimum absolute atomic E-state index is 0.00648. The van der Waals surface area contributed by atoms with E-state index in [-0.39, 0.29) is 16.3 Å². The van der Waals surface area contributed by atoms with E-state index in [1.807, 2.05) is 0 Å². The molecule has 1 amide bonds. The van der Waals surface area contributed by atoms with Gasteiger partial charge in [-0.25, -0.2) is 17.6 Å². The van der Waals surface area contributed by atoms with Crippen molar-refractivity contribution in [3.05, 3.63) is 59.7 Å². The molecule has 2 rings (SSSR count). The zero-order valence-corrected chi connectivity index (χ0v) is 14.2. The maximum Gasteiger partial charge on any atom is 0.317 e. The van der Waals surface area contributed by atoms with Gasteiger partial charge in [-0.3, -0.25) is 9.59 Å². The van der Waals surface area contributed by atoms with E-state index < -0.39 is 41.2 Å². The van der Waals surface area contributed by atoms with E-state index in [2.05, 4.69) is 5.32 Å². The maximum atomic E-state index is 13.5. The number of anilines is 1. The number of rotatable bonds is 6. The van der Waals surface area contributed by atoms with Crippen LogP contribution in [0.25, 0.3) is 0 Å². The Morgan fingerprint density at radius 1 is 1.04 bits per heavy atom. The Kier molecular flexibility index (Phi) is 6.62. The fourth-order valence-corrected chi connectivity index (χ4v) is 2.57. The van der Waals surface area contributed by atoms with Crippen LogP contribution in [0.2, 0.25) is 0 Å². The molecule has 1 N–H and O–H groups in total. The molecule has 9 heteroatoms. The average molecular weight is 387 g/mol. The zero-order valence-electron chi connectivity index (χ0n) is 13.4. The number of benzene rings is 2. The van der Waals surface area contributed by atoms with Crippen molar-refractivity contribution in [1.82, 2.24) is 0 Å². The van der Waals surface area contributed by atoms with Crippen molar-refractivity contribution in [3.8, 4) is 0 Å². The van der Waals surface area contributed by atoms with Crippen molar-refractivity contribution < 1.29 is 31.9 Å². The summed E-state index contributed by atoms with van der Waals surface area (Å²) in [6.07, 6.45) is -1.23. The molecule has 138 valence electrons. The highest BCUT2D eigenvalue weighted by Crippen LogP contribution is 2.23. The Morgan fingerprint density at radius 3 is 2.42 bits per heavy atom. The van der Waals surface area contributed by atoms with Crippen LogP contribution in [0.5, 0.6) is 0 Å². The second-order valence-corrected chi connectivity index (χ2v) is 6.13. The predicted octanol–water partition coefficient (Wildman–Crippen LogP) is 3.91. The number of halogens is 4. The van der Waals surface area contributed by atoms with E-state index in [0.29, 0.717) is 0 Å². The number of nitrogens with one attached hydrogen (secondary N) is 1. The Bertz CT molecular complexity index is 832. The van der Waals surface area contributed by atoms with E-state index in [9.17, 15) is 27.2 Å². The number of thioether (sulfide) groups is 1. The largest absolute Gasteiger partial charge is 0.452 e. The summed E-state index contributed by atoms with van der Waals surface area (Å²) in [7, 11) is 0. The highest BCUT2D eigenvalue weighted by atomic mass is 32.2. The van der Waals surface area contributed by atoms with Crippen molar-refractivity contribution >= 4 is 29.3 Å². The molecule has 0 aliphatic carbocycles. The van der Waals surface area contributed by atoms with Crippen LogP contribution < -0.4 is 5.32 Å². The molecule has 0 fully saturated rings. The number of ether oxygens (including phenoxy) is 1. The molecule has 0 radical (unpaired) electrons. The van der Waals surface area contributed by atoms with Gasteiger partial charge in [0.15, 0.2) is 17.7 Å². The molecule has 0 saturated carbocycles. The van der Waals surface area contributed by atoms with Crippen molar-refractivity contribution in [2.45, 2.75) is 17.9 Å². The van der Waals surface area contributed by atoms with Crippen LogP contribution in [0.4, 0.5) is 23.2 Å². The van der Waals surface area contributed by atoms with Crippen molar-refractivity contribution in [3.63, 3.8) is 0 Å². The Hall–Kier alpha value is -2.55.